The molecule has 0 aliphatic carbocycles. The Morgan fingerprint density at radius 3 is 2.48 bits per heavy atom. The summed E-state index contributed by atoms with van der Waals surface area (Å²) in [6.07, 6.45) is -0.410. The van der Waals surface area contributed by atoms with Gasteiger partial charge in [0.1, 0.15) is 0 Å². The van der Waals surface area contributed by atoms with Crippen LogP contribution in [0.2, 0.25) is 0 Å². The van der Waals surface area contributed by atoms with E-state index in [1.165, 1.54) is 0 Å². The molecule has 0 aromatic heterocycles. The van der Waals surface area contributed by atoms with Crippen LogP contribution in [0.5, 0.6) is 0 Å². The summed E-state index contributed by atoms with van der Waals surface area (Å²) in [6.45, 7) is 5.94. The lowest BCUT2D eigenvalue weighted by molar-refractivity contribution is -0.116. The fraction of sp³-hybridized carbons (Fsp3) is 0.300. The molecule has 0 unspecified atom stereocenters. The Bertz CT molecular complexity index is 729. The lowest BCUT2D eigenvalue weighted by atomic mass is 10.0. The van der Waals surface area contributed by atoms with Crippen LogP contribution in [0.25, 0.3) is 0 Å². The summed E-state index contributed by atoms with van der Waals surface area (Å²) < 4.78 is 4.95. The number of nitrogens with one attached hydrogen (secondary N) is 2. The van der Waals surface area contributed by atoms with Gasteiger partial charge in [0.2, 0.25) is 5.91 Å². The Morgan fingerprint density at radius 1 is 1.08 bits per heavy atom. The van der Waals surface area contributed by atoms with Crippen molar-refractivity contribution in [3.8, 4) is 0 Å². The first kappa shape index (κ1) is 18.5. The monoisotopic (exact) mass is 340 g/mol. The van der Waals surface area contributed by atoms with Crippen molar-refractivity contribution in [2.75, 3.05) is 11.9 Å². The van der Waals surface area contributed by atoms with Crippen molar-refractivity contribution in [1.82, 2.24) is 5.32 Å². The molecule has 0 heterocycles. The number of anilines is 1. The van der Waals surface area contributed by atoms with Gasteiger partial charge in [0, 0.05) is 5.69 Å². The van der Waals surface area contributed by atoms with E-state index < -0.39 is 12.1 Å². The van der Waals surface area contributed by atoms with Gasteiger partial charge < -0.3 is 15.4 Å². The summed E-state index contributed by atoms with van der Waals surface area (Å²) in [6, 6.07) is 14.8. The molecule has 2 aromatic rings. The zero-order chi connectivity index (χ0) is 18.2. The zero-order valence-corrected chi connectivity index (χ0v) is 14.8. The Labute approximate surface area is 148 Å². The largest absolute Gasteiger partial charge is 0.450 e. The molecule has 0 saturated carbocycles. The Kier molecular flexibility index (Phi) is 6.57. The third-order valence-electron chi connectivity index (χ3n) is 3.83. The topological polar surface area (TPSA) is 67.4 Å². The van der Waals surface area contributed by atoms with E-state index in [2.05, 4.69) is 10.6 Å². The van der Waals surface area contributed by atoms with Gasteiger partial charge in [0.15, 0.2) is 0 Å². The van der Waals surface area contributed by atoms with Gasteiger partial charge in [-0.25, -0.2) is 4.79 Å². The zero-order valence-electron chi connectivity index (χ0n) is 14.8. The number of alkyl carbamates (subject to hydrolysis) is 1. The van der Waals surface area contributed by atoms with E-state index in [9.17, 15) is 9.59 Å². The van der Waals surface area contributed by atoms with E-state index in [0.29, 0.717) is 0 Å². The van der Waals surface area contributed by atoms with E-state index >= 15 is 0 Å². The van der Waals surface area contributed by atoms with Crippen molar-refractivity contribution in [3.63, 3.8) is 0 Å². The van der Waals surface area contributed by atoms with Gasteiger partial charge in [0.05, 0.1) is 19.1 Å². The maximum atomic E-state index is 12.5. The second kappa shape index (κ2) is 8.87. The minimum atomic E-state index is -0.532. The maximum Gasteiger partial charge on any atom is 0.407 e. The molecule has 132 valence electrons. The molecule has 2 aromatic carbocycles. The number of carbonyl (C=O) groups excluding carboxylic acids is 2. The molecular formula is C20H24N2O3. The molecule has 2 amide bonds. The van der Waals surface area contributed by atoms with Gasteiger partial charge in [0.25, 0.3) is 0 Å². The van der Waals surface area contributed by atoms with Crippen LogP contribution in [-0.2, 0) is 9.53 Å². The first-order valence-corrected chi connectivity index (χ1v) is 8.35. The van der Waals surface area contributed by atoms with Crippen LogP contribution in [0.3, 0.4) is 0 Å². The van der Waals surface area contributed by atoms with Crippen molar-refractivity contribution >= 4 is 17.7 Å². The van der Waals surface area contributed by atoms with E-state index in [4.69, 9.17) is 4.74 Å². The van der Waals surface area contributed by atoms with Crippen molar-refractivity contribution in [2.45, 2.75) is 33.2 Å². The van der Waals surface area contributed by atoms with Gasteiger partial charge in [-0.3, -0.25) is 4.79 Å². The van der Waals surface area contributed by atoms with Crippen LogP contribution < -0.4 is 10.6 Å². The molecule has 0 bridgehead atoms. The van der Waals surface area contributed by atoms with Crippen molar-refractivity contribution in [2.24, 2.45) is 0 Å². The number of amides is 2. The van der Waals surface area contributed by atoms with Crippen LogP contribution >= 0.6 is 0 Å². The smallest absolute Gasteiger partial charge is 0.407 e. The van der Waals surface area contributed by atoms with Gasteiger partial charge in [-0.15, -0.1) is 0 Å². The maximum absolute atomic E-state index is 12.5. The normalized spacial score (nSPS) is 11.5. The number of hydrogen-bond acceptors (Lipinski definition) is 3. The minimum Gasteiger partial charge on any atom is -0.450 e. The molecule has 5 nitrogen and oxygen atoms in total. The second-order valence-corrected chi connectivity index (χ2v) is 5.90. The average molecular weight is 340 g/mol. The molecule has 0 saturated heterocycles. The lowest BCUT2D eigenvalue weighted by Crippen LogP contribution is -2.32. The van der Waals surface area contributed by atoms with Crippen LogP contribution in [0.4, 0.5) is 10.5 Å². The van der Waals surface area contributed by atoms with Crippen LogP contribution in [0.15, 0.2) is 48.5 Å². The van der Waals surface area contributed by atoms with Crippen LogP contribution in [0, 0.1) is 13.8 Å². The predicted octanol–water partition coefficient (Wildman–Crippen LogP) is 4.12. The summed E-state index contributed by atoms with van der Waals surface area (Å²) in [5.41, 5.74) is 3.71. The molecule has 0 spiro atoms. The van der Waals surface area contributed by atoms with E-state index in [1.807, 2.05) is 62.4 Å². The van der Waals surface area contributed by atoms with Crippen LogP contribution in [0.1, 0.15) is 36.1 Å². The Balaban J connectivity index is 2.11. The molecule has 0 radical (unpaired) electrons. The third kappa shape index (κ3) is 5.64. The third-order valence-corrected chi connectivity index (χ3v) is 3.83. The summed E-state index contributed by atoms with van der Waals surface area (Å²) in [7, 11) is 0. The van der Waals surface area contributed by atoms with Crippen molar-refractivity contribution in [3.05, 3.63) is 65.2 Å². The van der Waals surface area contributed by atoms with E-state index in [0.717, 1.165) is 22.4 Å². The number of carbonyl (C=O) groups is 2. The molecule has 0 fully saturated rings. The quantitative estimate of drug-likeness (QED) is 0.831. The number of aryl methyl sites for hydroxylation is 2. The number of rotatable bonds is 6. The first-order chi connectivity index (χ1) is 12.0. The van der Waals surface area contributed by atoms with Gasteiger partial charge in [-0.2, -0.15) is 0 Å². The molecule has 0 aliphatic heterocycles. The molecule has 1 atom stereocenters. The van der Waals surface area contributed by atoms with E-state index in [-0.39, 0.29) is 18.9 Å². The number of benzene rings is 2. The number of ether oxygens (including phenoxy) is 1. The van der Waals surface area contributed by atoms with Crippen molar-refractivity contribution in [1.29, 1.82) is 0 Å². The summed E-state index contributed by atoms with van der Waals surface area (Å²) in [5, 5.41) is 5.68. The molecule has 2 rings (SSSR count). The van der Waals surface area contributed by atoms with Crippen LogP contribution in [-0.4, -0.2) is 18.6 Å². The Morgan fingerprint density at radius 2 is 1.80 bits per heavy atom. The molecule has 25 heavy (non-hydrogen) atoms. The average Bonchev–Trinajstić information content (AvgIpc) is 2.58. The fourth-order valence-electron chi connectivity index (χ4n) is 2.51. The van der Waals surface area contributed by atoms with Gasteiger partial charge >= 0.3 is 6.09 Å². The number of hydrogen-bond donors (Lipinski definition) is 2. The van der Waals surface area contributed by atoms with E-state index in [1.54, 1.807) is 6.92 Å². The molecular weight excluding hydrogens is 316 g/mol. The Hall–Kier alpha value is -2.82. The lowest BCUT2D eigenvalue weighted by Gasteiger charge is -2.19. The summed E-state index contributed by atoms with van der Waals surface area (Å²) in [4.78, 5) is 24.3. The summed E-state index contributed by atoms with van der Waals surface area (Å²) >= 11 is 0. The fourth-order valence-corrected chi connectivity index (χ4v) is 2.51. The standard InChI is InChI=1S/C20H24N2O3/c1-4-25-20(24)22-18(16-8-6-5-7-9-16)13-19(23)21-17-12-14(2)10-11-15(17)3/h5-12,18H,4,13H2,1-3H3,(H,21,23)(H,22,24)/t18-/m0/s1. The molecule has 5 heteroatoms. The minimum absolute atomic E-state index is 0.121. The van der Waals surface area contributed by atoms with Gasteiger partial charge in [-0.05, 0) is 43.5 Å². The molecule has 2 N–H and O–H groups in total. The summed E-state index contributed by atoms with van der Waals surface area (Å²) in [5.74, 6) is -0.167. The molecule has 0 aliphatic rings. The highest BCUT2D eigenvalue weighted by Crippen LogP contribution is 2.20. The highest BCUT2D eigenvalue weighted by Gasteiger charge is 2.19. The predicted molar refractivity (Wildman–Crippen MR) is 98.5 cm³/mol. The van der Waals surface area contributed by atoms with Crippen molar-refractivity contribution < 1.29 is 14.3 Å². The van der Waals surface area contributed by atoms with Gasteiger partial charge in [-0.1, -0.05) is 42.5 Å². The SMILES string of the molecule is CCOC(=O)N[C@@H](CC(=O)Nc1cc(C)ccc1C)c1ccccc1. The highest BCUT2D eigenvalue weighted by atomic mass is 16.5. The first-order valence-electron chi connectivity index (χ1n) is 8.35. The second-order valence-electron chi connectivity index (χ2n) is 5.90. The highest BCUT2D eigenvalue weighted by molar-refractivity contribution is 5.92.